The minimum atomic E-state index is -5.08. The van der Waals surface area contributed by atoms with Gasteiger partial charge in [0.15, 0.2) is 0 Å². The summed E-state index contributed by atoms with van der Waals surface area (Å²) in [5, 5.41) is 11.1. The Balaban J connectivity index is 0.000000298. The molecule has 0 unspecified atom stereocenters. The highest BCUT2D eigenvalue weighted by atomic mass is 19.4. The van der Waals surface area contributed by atoms with E-state index < -0.39 is 12.1 Å². The molecule has 2 fully saturated rings. The lowest BCUT2D eigenvalue weighted by Crippen LogP contribution is -2.54. The first-order chi connectivity index (χ1) is 12.2. The number of alkyl halides is 3. The van der Waals surface area contributed by atoms with E-state index >= 15 is 0 Å². The summed E-state index contributed by atoms with van der Waals surface area (Å²) in [6.45, 7) is 5.91. The molecular formula is C19H27F3N2O2. The minimum absolute atomic E-state index is 0.424. The summed E-state index contributed by atoms with van der Waals surface area (Å²) in [6, 6.07) is 11.7. The number of carbonyl (C=O) groups is 1. The number of likely N-dealkylation sites (tertiary alicyclic amines) is 1. The average Bonchev–Trinajstić information content (AvgIpc) is 2.98. The van der Waals surface area contributed by atoms with Crippen LogP contribution in [0.15, 0.2) is 30.3 Å². The zero-order valence-corrected chi connectivity index (χ0v) is 15.1. The Hall–Kier alpha value is -1.60. The number of benzene rings is 1. The molecule has 2 heterocycles. The Bertz CT molecular complexity index is 580. The molecule has 7 heteroatoms. The quantitative estimate of drug-likeness (QED) is 0.847. The van der Waals surface area contributed by atoms with Crippen molar-refractivity contribution in [3.63, 3.8) is 0 Å². The van der Waals surface area contributed by atoms with Gasteiger partial charge in [-0.2, -0.15) is 13.2 Å². The second-order valence-electron chi connectivity index (χ2n) is 7.17. The molecule has 4 nitrogen and oxygen atoms in total. The molecule has 2 aliphatic heterocycles. The van der Waals surface area contributed by atoms with E-state index in [9.17, 15) is 13.2 Å². The molecule has 26 heavy (non-hydrogen) atoms. The molecule has 1 aromatic carbocycles. The summed E-state index contributed by atoms with van der Waals surface area (Å²) in [7, 11) is 0. The highest BCUT2D eigenvalue weighted by Crippen LogP contribution is 2.33. The largest absolute Gasteiger partial charge is 0.490 e. The van der Waals surface area contributed by atoms with Gasteiger partial charge in [0.1, 0.15) is 0 Å². The van der Waals surface area contributed by atoms with Crippen LogP contribution in [0.25, 0.3) is 0 Å². The van der Waals surface area contributed by atoms with Crippen molar-refractivity contribution in [1.82, 2.24) is 10.2 Å². The summed E-state index contributed by atoms with van der Waals surface area (Å²) in [6.07, 6.45) is 1.65. The molecule has 0 aliphatic carbocycles. The molecule has 3 rings (SSSR count). The number of nitrogens with zero attached hydrogens (tertiary/aromatic N) is 1. The lowest BCUT2D eigenvalue weighted by atomic mass is 9.87. The fourth-order valence-electron chi connectivity index (χ4n) is 3.86. The Morgan fingerprint density at radius 3 is 2.50 bits per heavy atom. The molecule has 2 aliphatic rings. The highest BCUT2D eigenvalue weighted by Gasteiger charge is 2.40. The predicted molar refractivity (Wildman–Crippen MR) is 93.8 cm³/mol. The van der Waals surface area contributed by atoms with E-state index in [0.717, 1.165) is 12.6 Å². The van der Waals surface area contributed by atoms with Gasteiger partial charge in [-0.25, -0.2) is 4.79 Å². The molecule has 2 N–H and O–H groups in total. The number of rotatable bonds is 3. The molecule has 0 bridgehead atoms. The van der Waals surface area contributed by atoms with E-state index in [0.29, 0.717) is 5.54 Å². The SMILES string of the molecule is CC[C@H]1CC[C@@]2(CCCN(Cc3ccccc3)C2)N1.O=C(O)C(F)(F)F. The van der Waals surface area contributed by atoms with Crippen LogP contribution < -0.4 is 5.32 Å². The molecule has 146 valence electrons. The van der Waals surface area contributed by atoms with Crippen molar-refractivity contribution in [2.24, 2.45) is 0 Å². The number of halogens is 3. The van der Waals surface area contributed by atoms with E-state index in [4.69, 9.17) is 9.90 Å². The van der Waals surface area contributed by atoms with Crippen LogP contribution in [0.1, 0.15) is 44.6 Å². The van der Waals surface area contributed by atoms with Crippen LogP contribution in [-0.4, -0.2) is 46.8 Å². The molecule has 2 saturated heterocycles. The van der Waals surface area contributed by atoms with Gasteiger partial charge in [-0.1, -0.05) is 37.3 Å². The van der Waals surface area contributed by atoms with E-state index in [1.807, 2.05) is 0 Å². The summed E-state index contributed by atoms with van der Waals surface area (Å²) in [5.74, 6) is -2.76. The van der Waals surface area contributed by atoms with Gasteiger partial charge in [-0.05, 0) is 44.2 Å². The fourth-order valence-corrected chi connectivity index (χ4v) is 3.86. The Morgan fingerprint density at radius 1 is 1.31 bits per heavy atom. The van der Waals surface area contributed by atoms with Gasteiger partial charge < -0.3 is 10.4 Å². The van der Waals surface area contributed by atoms with Gasteiger partial charge in [0.05, 0.1) is 0 Å². The molecular weight excluding hydrogens is 345 g/mol. The second-order valence-corrected chi connectivity index (χ2v) is 7.17. The Kier molecular flexibility index (Phi) is 7.06. The summed E-state index contributed by atoms with van der Waals surface area (Å²) in [5.41, 5.74) is 1.87. The number of hydrogen-bond acceptors (Lipinski definition) is 3. The van der Waals surface area contributed by atoms with Crippen molar-refractivity contribution in [1.29, 1.82) is 0 Å². The lowest BCUT2D eigenvalue weighted by molar-refractivity contribution is -0.192. The first-order valence-electron chi connectivity index (χ1n) is 9.08. The van der Waals surface area contributed by atoms with Gasteiger partial charge >= 0.3 is 12.1 Å². The number of nitrogens with one attached hydrogen (secondary N) is 1. The maximum Gasteiger partial charge on any atom is 0.490 e. The zero-order chi connectivity index (χ0) is 19.2. The monoisotopic (exact) mass is 372 g/mol. The van der Waals surface area contributed by atoms with Crippen LogP contribution in [0.5, 0.6) is 0 Å². The topological polar surface area (TPSA) is 52.6 Å². The first-order valence-corrected chi connectivity index (χ1v) is 9.08. The molecule has 1 aromatic rings. The first kappa shape index (κ1) is 20.7. The van der Waals surface area contributed by atoms with Gasteiger partial charge in [0.2, 0.25) is 0 Å². The number of carboxylic acids is 1. The second kappa shape index (κ2) is 8.86. The molecule has 0 radical (unpaired) electrons. The van der Waals surface area contributed by atoms with Gasteiger partial charge in [0.25, 0.3) is 0 Å². The van der Waals surface area contributed by atoms with E-state index in [2.05, 4.69) is 47.5 Å². The van der Waals surface area contributed by atoms with E-state index in [1.54, 1.807) is 0 Å². The zero-order valence-electron chi connectivity index (χ0n) is 15.1. The molecule has 0 amide bonds. The Labute approximate surface area is 152 Å². The molecule has 0 saturated carbocycles. The fraction of sp³-hybridized carbons (Fsp3) is 0.632. The van der Waals surface area contributed by atoms with E-state index in [1.165, 1.54) is 50.8 Å². The van der Waals surface area contributed by atoms with Crippen molar-refractivity contribution in [2.45, 2.75) is 63.3 Å². The number of hydrogen-bond donors (Lipinski definition) is 2. The predicted octanol–water partition coefficient (Wildman–Crippen LogP) is 3.82. The minimum Gasteiger partial charge on any atom is -0.475 e. The third-order valence-electron chi connectivity index (χ3n) is 5.12. The summed E-state index contributed by atoms with van der Waals surface area (Å²) >= 11 is 0. The standard InChI is InChI=1S/C17H26N2.C2HF3O2/c1-2-16-9-11-17(18-16)10-6-12-19(14-17)13-15-7-4-3-5-8-15;3-2(4,5)1(6)7/h3-5,7-8,16,18H,2,6,9-14H2,1H3;(H,6,7)/t16-,17+;/m0./s1. The summed E-state index contributed by atoms with van der Waals surface area (Å²) in [4.78, 5) is 11.5. The Morgan fingerprint density at radius 2 is 1.96 bits per heavy atom. The van der Waals surface area contributed by atoms with Crippen molar-refractivity contribution in [3.8, 4) is 0 Å². The molecule has 1 spiro atoms. The number of piperidine rings is 1. The van der Waals surface area contributed by atoms with Crippen molar-refractivity contribution in [2.75, 3.05) is 13.1 Å². The van der Waals surface area contributed by atoms with Crippen molar-refractivity contribution in [3.05, 3.63) is 35.9 Å². The number of aliphatic carboxylic acids is 1. The van der Waals surface area contributed by atoms with Crippen LogP contribution in [0.4, 0.5) is 13.2 Å². The van der Waals surface area contributed by atoms with E-state index in [-0.39, 0.29) is 0 Å². The maximum atomic E-state index is 10.6. The van der Waals surface area contributed by atoms with Crippen LogP contribution >= 0.6 is 0 Å². The van der Waals surface area contributed by atoms with Gasteiger partial charge in [-0.3, -0.25) is 4.90 Å². The molecule has 2 atom stereocenters. The number of carboxylic acid groups (broad SMARTS) is 1. The third-order valence-corrected chi connectivity index (χ3v) is 5.12. The van der Waals surface area contributed by atoms with Crippen LogP contribution in [0.3, 0.4) is 0 Å². The summed E-state index contributed by atoms with van der Waals surface area (Å²) < 4.78 is 31.7. The van der Waals surface area contributed by atoms with Gasteiger partial charge in [-0.15, -0.1) is 0 Å². The third kappa shape index (κ3) is 5.99. The average molecular weight is 372 g/mol. The van der Waals surface area contributed by atoms with Crippen molar-refractivity contribution >= 4 is 5.97 Å². The van der Waals surface area contributed by atoms with Crippen LogP contribution in [0, 0.1) is 0 Å². The lowest BCUT2D eigenvalue weighted by Gasteiger charge is -2.41. The van der Waals surface area contributed by atoms with Crippen molar-refractivity contribution < 1.29 is 23.1 Å². The molecule has 0 aromatic heterocycles. The highest BCUT2D eigenvalue weighted by molar-refractivity contribution is 5.73. The smallest absolute Gasteiger partial charge is 0.475 e. The van der Waals surface area contributed by atoms with Crippen LogP contribution in [-0.2, 0) is 11.3 Å². The maximum absolute atomic E-state index is 10.6. The normalized spacial score (nSPS) is 26.4. The van der Waals surface area contributed by atoms with Crippen LogP contribution in [0.2, 0.25) is 0 Å². The van der Waals surface area contributed by atoms with Gasteiger partial charge in [0, 0.05) is 24.7 Å².